The van der Waals surface area contributed by atoms with E-state index in [9.17, 15) is 0 Å². The lowest BCUT2D eigenvalue weighted by Crippen LogP contribution is -2.38. The number of para-hydroxylation sites is 1. The molecule has 1 aliphatic carbocycles. The van der Waals surface area contributed by atoms with Gasteiger partial charge in [0.15, 0.2) is 5.96 Å². The van der Waals surface area contributed by atoms with Gasteiger partial charge in [0.25, 0.3) is 0 Å². The summed E-state index contributed by atoms with van der Waals surface area (Å²) in [5.41, 5.74) is 1.12. The number of halogens is 1. The second-order valence-electron chi connectivity index (χ2n) is 5.67. The molecule has 5 heteroatoms. The second-order valence-corrected chi connectivity index (χ2v) is 5.67. The third-order valence-electron chi connectivity index (χ3n) is 3.90. The number of hydrogen-bond donors (Lipinski definition) is 2. The Kier molecular flexibility index (Phi) is 9.06. The third-order valence-corrected chi connectivity index (χ3v) is 3.90. The molecule has 0 aliphatic heterocycles. The monoisotopic (exact) mass is 429 g/mol. The van der Waals surface area contributed by atoms with E-state index in [0.717, 1.165) is 23.2 Å². The Hall–Kier alpha value is -1.24. The molecule has 0 heterocycles. The molecule has 0 spiro atoms. The van der Waals surface area contributed by atoms with Gasteiger partial charge in [0, 0.05) is 25.2 Å². The lowest BCUT2D eigenvalue weighted by molar-refractivity contribution is 0.358. The van der Waals surface area contributed by atoms with Crippen molar-refractivity contribution in [2.75, 3.05) is 13.7 Å². The van der Waals surface area contributed by atoms with E-state index in [1.165, 1.54) is 19.3 Å². The Morgan fingerprint density at radius 3 is 2.91 bits per heavy atom. The minimum absolute atomic E-state index is 0. The number of ether oxygens (including phenoxy) is 1. The molecule has 2 unspecified atom stereocenters. The van der Waals surface area contributed by atoms with E-state index in [4.69, 9.17) is 4.74 Å². The van der Waals surface area contributed by atoms with Crippen molar-refractivity contribution in [2.45, 2.75) is 38.8 Å². The maximum absolute atomic E-state index is 5.68. The van der Waals surface area contributed by atoms with E-state index in [-0.39, 0.29) is 24.0 Å². The highest BCUT2D eigenvalue weighted by Gasteiger charge is 2.36. The van der Waals surface area contributed by atoms with Gasteiger partial charge in [-0.15, -0.1) is 24.0 Å². The second kappa shape index (κ2) is 10.5. The van der Waals surface area contributed by atoms with Gasteiger partial charge < -0.3 is 15.4 Å². The van der Waals surface area contributed by atoms with E-state index in [2.05, 4.69) is 35.2 Å². The molecule has 2 rings (SSSR count). The van der Waals surface area contributed by atoms with Gasteiger partial charge in [0.05, 0.1) is 0 Å². The van der Waals surface area contributed by atoms with Gasteiger partial charge >= 0.3 is 0 Å². The van der Waals surface area contributed by atoms with Crippen LogP contribution in [0, 0.1) is 5.92 Å². The Bertz CT molecular complexity index is 519. The Labute approximate surface area is 156 Å². The van der Waals surface area contributed by atoms with Crippen LogP contribution in [0.15, 0.2) is 41.9 Å². The number of nitrogens with zero attached hydrogens (tertiary/aromatic N) is 1. The zero-order valence-corrected chi connectivity index (χ0v) is 16.4. The van der Waals surface area contributed by atoms with E-state index in [1.807, 2.05) is 25.2 Å². The standard InChI is InChI=1S/C18H27N3O.HI/c1-4-8-14-12-16(14)21-18(19-3)20-13-15-9-6-7-10-17(15)22-11-5-2;/h5-7,9-10,14,16H,2,4,8,11-13H2,1,3H3,(H2,19,20,21);1H. The van der Waals surface area contributed by atoms with Gasteiger partial charge in [-0.1, -0.05) is 44.2 Å². The maximum atomic E-state index is 5.68. The van der Waals surface area contributed by atoms with Gasteiger partial charge in [-0.2, -0.15) is 0 Å². The van der Waals surface area contributed by atoms with Crippen LogP contribution in [0.4, 0.5) is 0 Å². The van der Waals surface area contributed by atoms with Crippen LogP contribution in [0.3, 0.4) is 0 Å². The predicted octanol–water partition coefficient (Wildman–Crippen LogP) is 3.72. The van der Waals surface area contributed by atoms with E-state index in [0.29, 0.717) is 19.2 Å². The number of hydrogen-bond acceptors (Lipinski definition) is 2. The van der Waals surface area contributed by atoms with Crippen LogP contribution in [-0.2, 0) is 6.54 Å². The number of aliphatic imine (C=N–C) groups is 1. The van der Waals surface area contributed by atoms with E-state index in [1.54, 1.807) is 6.08 Å². The average molecular weight is 429 g/mol. The van der Waals surface area contributed by atoms with Crippen molar-refractivity contribution < 1.29 is 4.74 Å². The van der Waals surface area contributed by atoms with Crippen LogP contribution >= 0.6 is 24.0 Å². The highest BCUT2D eigenvalue weighted by molar-refractivity contribution is 14.0. The van der Waals surface area contributed by atoms with Crippen molar-refractivity contribution >= 4 is 29.9 Å². The van der Waals surface area contributed by atoms with Gasteiger partial charge in [-0.05, 0) is 24.8 Å². The molecule has 2 N–H and O–H groups in total. The number of benzene rings is 1. The topological polar surface area (TPSA) is 45.6 Å². The van der Waals surface area contributed by atoms with Crippen molar-refractivity contribution in [3.8, 4) is 5.75 Å². The van der Waals surface area contributed by atoms with Gasteiger partial charge in [-0.3, -0.25) is 4.99 Å². The lowest BCUT2D eigenvalue weighted by Gasteiger charge is -2.14. The molecule has 128 valence electrons. The van der Waals surface area contributed by atoms with Gasteiger partial charge in [-0.25, -0.2) is 0 Å². The first kappa shape index (κ1) is 19.8. The highest BCUT2D eigenvalue weighted by atomic mass is 127. The SMILES string of the molecule is C=CCOc1ccccc1CNC(=NC)NC1CC1CCC.I. The molecule has 0 amide bonds. The molecular weight excluding hydrogens is 401 g/mol. The van der Waals surface area contributed by atoms with Crippen molar-refractivity contribution in [1.82, 2.24) is 10.6 Å². The zero-order valence-electron chi connectivity index (χ0n) is 14.0. The molecule has 0 bridgehead atoms. The average Bonchev–Trinajstić information content (AvgIpc) is 3.28. The fourth-order valence-corrected chi connectivity index (χ4v) is 2.60. The molecule has 0 radical (unpaired) electrons. The predicted molar refractivity (Wildman–Crippen MR) is 108 cm³/mol. The van der Waals surface area contributed by atoms with E-state index >= 15 is 0 Å². The van der Waals surface area contributed by atoms with Crippen LogP contribution < -0.4 is 15.4 Å². The number of guanidine groups is 1. The van der Waals surface area contributed by atoms with Crippen molar-refractivity contribution in [3.63, 3.8) is 0 Å². The summed E-state index contributed by atoms with van der Waals surface area (Å²) in [6.07, 6.45) is 5.56. The van der Waals surface area contributed by atoms with Crippen molar-refractivity contribution in [2.24, 2.45) is 10.9 Å². The summed E-state index contributed by atoms with van der Waals surface area (Å²) in [6.45, 7) is 7.13. The number of rotatable bonds is 8. The summed E-state index contributed by atoms with van der Waals surface area (Å²) in [7, 11) is 1.81. The van der Waals surface area contributed by atoms with Crippen LogP contribution in [-0.4, -0.2) is 25.7 Å². The molecule has 1 aromatic carbocycles. The minimum atomic E-state index is 0. The Morgan fingerprint density at radius 1 is 1.43 bits per heavy atom. The van der Waals surface area contributed by atoms with Crippen LogP contribution in [0.5, 0.6) is 5.75 Å². The van der Waals surface area contributed by atoms with Crippen LogP contribution in [0.1, 0.15) is 31.7 Å². The first-order chi connectivity index (χ1) is 10.8. The molecule has 1 saturated carbocycles. The van der Waals surface area contributed by atoms with Crippen molar-refractivity contribution in [3.05, 3.63) is 42.5 Å². The van der Waals surface area contributed by atoms with Crippen LogP contribution in [0.2, 0.25) is 0 Å². The zero-order chi connectivity index (χ0) is 15.8. The summed E-state index contributed by atoms with van der Waals surface area (Å²) in [5.74, 6) is 2.56. The quantitative estimate of drug-likeness (QED) is 0.287. The van der Waals surface area contributed by atoms with Crippen molar-refractivity contribution in [1.29, 1.82) is 0 Å². The molecule has 2 atom stereocenters. The molecule has 0 aromatic heterocycles. The fraction of sp³-hybridized carbons (Fsp3) is 0.500. The molecule has 23 heavy (non-hydrogen) atoms. The third kappa shape index (κ3) is 6.41. The summed E-state index contributed by atoms with van der Waals surface area (Å²) in [4.78, 5) is 4.31. The summed E-state index contributed by atoms with van der Waals surface area (Å²) >= 11 is 0. The first-order valence-electron chi connectivity index (χ1n) is 8.07. The number of nitrogens with one attached hydrogen (secondary N) is 2. The first-order valence-corrected chi connectivity index (χ1v) is 8.07. The van der Waals surface area contributed by atoms with Gasteiger partial charge in [0.1, 0.15) is 12.4 Å². The normalized spacial score (nSPS) is 19.5. The Balaban J connectivity index is 0.00000264. The molecule has 1 aliphatic rings. The molecular formula is C18H28IN3O. The molecule has 0 saturated heterocycles. The highest BCUT2D eigenvalue weighted by Crippen LogP contribution is 2.34. The smallest absolute Gasteiger partial charge is 0.191 e. The van der Waals surface area contributed by atoms with E-state index < -0.39 is 0 Å². The largest absolute Gasteiger partial charge is 0.489 e. The summed E-state index contributed by atoms with van der Waals surface area (Å²) in [5, 5.41) is 6.86. The minimum Gasteiger partial charge on any atom is -0.489 e. The summed E-state index contributed by atoms with van der Waals surface area (Å²) < 4.78 is 5.68. The Morgan fingerprint density at radius 2 is 2.22 bits per heavy atom. The summed E-state index contributed by atoms with van der Waals surface area (Å²) in [6, 6.07) is 8.63. The molecule has 1 aromatic rings. The fourth-order valence-electron chi connectivity index (χ4n) is 2.60. The maximum Gasteiger partial charge on any atom is 0.191 e. The van der Waals surface area contributed by atoms with Gasteiger partial charge in [0.2, 0.25) is 0 Å². The lowest BCUT2D eigenvalue weighted by atomic mass is 10.2. The molecule has 4 nitrogen and oxygen atoms in total. The van der Waals surface area contributed by atoms with Crippen LogP contribution in [0.25, 0.3) is 0 Å². The molecule has 1 fully saturated rings.